The van der Waals surface area contributed by atoms with Gasteiger partial charge in [-0.1, -0.05) is 157 Å². The number of fused-ring (bicyclic) bond motifs is 5. The summed E-state index contributed by atoms with van der Waals surface area (Å²) in [5, 5.41) is 4.30. The van der Waals surface area contributed by atoms with E-state index in [4.69, 9.17) is 18.1 Å². The van der Waals surface area contributed by atoms with Crippen molar-refractivity contribution in [1.29, 1.82) is 0 Å². The Morgan fingerprint density at radius 2 is 0.902 bits per heavy atom. The quantitative estimate of drug-likeness (QED) is 0.167. The monoisotopic (exact) mass is 661 g/mol. The second kappa shape index (κ2) is 12.0. The van der Waals surface area contributed by atoms with Crippen LogP contribution in [0.25, 0.3) is 99.1 Å². The molecule has 51 heavy (non-hydrogen) atoms. The van der Waals surface area contributed by atoms with Gasteiger partial charge in [0.2, 0.25) is 0 Å². The molecule has 1 nitrogen and oxygen atoms in total. The summed E-state index contributed by atoms with van der Waals surface area (Å²) in [4.78, 5) is 0. The first-order chi connectivity index (χ1) is 30.7. The fourth-order valence-electron chi connectivity index (χ4n) is 7.13. The van der Waals surface area contributed by atoms with E-state index in [0.29, 0.717) is 38.3 Å². The predicted octanol–water partition coefficient (Wildman–Crippen LogP) is 14.2. The van der Waals surface area contributed by atoms with Crippen LogP contribution in [0.15, 0.2) is 198 Å². The van der Waals surface area contributed by atoms with Gasteiger partial charge in [0.1, 0.15) is 11.2 Å². The highest BCUT2D eigenvalue weighted by atomic mass is 16.3. The Bertz CT molecular complexity index is 3440. The first-order valence-electron chi connectivity index (χ1n) is 23.0. The van der Waals surface area contributed by atoms with E-state index in [2.05, 4.69) is 6.07 Å². The van der Waals surface area contributed by atoms with Crippen LogP contribution in [0.4, 0.5) is 0 Å². The van der Waals surface area contributed by atoms with E-state index >= 15 is 0 Å². The normalized spacial score (nSPS) is 15.1. The van der Waals surface area contributed by atoms with Gasteiger partial charge in [-0.3, -0.25) is 0 Å². The second-order valence-electron chi connectivity index (χ2n) is 12.2. The molecule has 0 fully saturated rings. The van der Waals surface area contributed by atoms with Crippen molar-refractivity contribution in [3.63, 3.8) is 0 Å². The number of rotatable bonds is 5. The molecule has 238 valence electrons. The van der Waals surface area contributed by atoms with Gasteiger partial charge in [-0.25, -0.2) is 0 Å². The first-order valence-corrected chi connectivity index (χ1v) is 16.5. The summed E-state index contributed by atoms with van der Waals surface area (Å²) in [6.45, 7) is 0. The Morgan fingerprint density at radius 1 is 0.353 bits per heavy atom. The minimum Gasteiger partial charge on any atom is -0.456 e. The fourth-order valence-corrected chi connectivity index (χ4v) is 7.13. The van der Waals surface area contributed by atoms with E-state index in [1.807, 2.05) is 109 Å². The Hall–Kier alpha value is -6.70. The van der Waals surface area contributed by atoms with Gasteiger partial charge in [0.05, 0.1) is 17.8 Å². The molecule has 1 heterocycles. The molecule has 1 heteroatoms. The molecule has 0 saturated heterocycles. The summed E-state index contributed by atoms with van der Waals surface area (Å²) in [5.74, 6) is 0. The third kappa shape index (κ3) is 4.94. The van der Waals surface area contributed by atoms with Crippen LogP contribution in [-0.4, -0.2) is 0 Å². The van der Waals surface area contributed by atoms with Crippen molar-refractivity contribution in [2.24, 2.45) is 0 Å². The maximum absolute atomic E-state index is 9.92. The lowest BCUT2D eigenvalue weighted by Gasteiger charge is -2.19. The van der Waals surface area contributed by atoms with Crippen molar-refractivity contribution in [3.05, 3.63) is 194 Å². The van der Waals surface area contributed by atoms with Crippen LogP contribution in [0, 0.1) is 0 Å². The summed E-state index contributed by atoms with van der Waals surface area (Å²) in [7, 11) is 0. The summed E-state index contributed by atoms with van der Waals surface area (Å²) < 4.78 is 122. The maximum Gasteiger partial charge on any atom is 0.136 e. The fraction of sp³-hybridized carbons (Fsp3) is 0. The van der Waals surface area contributed by atoms with Gasteiger partial charge < -0.3 is 4.42 Å². The third-order valence-corrected chi connectivity index (χ3v) is 9.31. The van der Waals surface area contributed by atoms with Gasteiger partial charge in [0.25, 0.3) is 0 Å². The molecule has 0 radical (unpaired) electrons. The number of furan rings is 1. The molecule has 0 atom stereocenters. The molecule has 0 amide bonds. The molecule has 0 N–H and O–H groups in total. The van der Waals surface area contributed by atoms with Crippen molar-refractivity contribution in [2.75, 3.05) is 0 Å². The van der Waals surface area contributed by atoms with Gasteiger partial charge >= 0.3 is 0 Å². The van der Waals surface area contributed by atoms with Crippen molar-refractivity contribution in [2.45, 2.75) is 0 Å². The van der Waals surface area contributed by atoms with E-state index in [1.54, 1.807) is 0 Å². The minimum absolute atomic E-state index is 0.126. The zero-order valence-corrected chi connectivity index (χ0v) is 26.9. The van der Waals surface area contributed by atoms with Crippen molar-refractivity contribution >= 4 is 43.5 Å². The first kappa shape index (κ1) is 18.9. The molecule has 0 unspecified atom stereocenters. The zero-order chi connectivity index (χ0) is 45.0. The molecule has 1 aromatic heterocycles. The highest BCUT2D eigenvalue weighted by Crippen LogP contribution is 2.48. The van der Waals surface area contributed by atoms with Crippen LogP contribution < -0.4 is 0 Å². The number of hydrogen-bond acceptors (Lipinski definition) is 1. The molecule has 9 aromatic carbocycles. The van der Waals surface area contributed by atoms with Crippen molar-refractivity contribution in [1.82, 2.24) is 0 Å². The molecule has 10 rings (SSSR count). The van der Waals surface area contributed by atoms with E-state index in [0.717, 1.165) is 33.0 Å². The van der Waals surface area contributed by atoms with Gasteiger partial charge in [-0.05, 0) is 114 Å². The molecule has 0 bridgehead atoms. The second-order valence-corrected chi connectivity index (χ2v) is 12.2. The smallest absolute Gasteiger partial charge is 0.136 e. The van der Waals surface area contributed by atoms with Crippen LogP contribution in [0.1, 0.15) is 17.8 Å². The molecular formula is C50H32O. The highest BCUT2D eigenvalue weighted by Gasteiger charge is 2.21. The van der Waals surface area contributed by atoms with Gasteiger partial charge in [-0.15, -0.1) is 0 Å². The van der Waals surface area contributed by atoms with Crippen LogP contribution >= 0.6 is 0 Å². The lowest BCUT2D eigenvalue weighted by molar-refractivity contribution is 0.669. The van der Waals surface area contributed by atoms with Crippen LogP contribution in [0.5, 0.6) is 0 Å². The SMILES string of the molecule is [2H]c1c([2H])c([2H])c(-c2c([2H])c(-c3c([2H])c([2H])c([2H])c([2H])c3[2H])c([2H])c(-c3c4ccccc4c(-c4cccc5oc6cc(-c7ccccc7)ccc6c45)c4ccccc34)c2[2H])c([2H])c1[2H]. The molecule has 10 aromatic rings. The van der Waals surface area contributed by atoms with E-state index in [1.165, 1.54) is 0 Å². The number of benzene rings is 9. The largest absolute Gasteiger partial charge is 0.456 e. The molecule has 0 aliphatic carbocycles. The summed E-state index contributed by atoms with van der Waals surface area (Å²) in [5.41, 5.74) is 3.39. The standard InChI is InChI=1S/C50H32O/c1-4-15-33(16-5-1)36-27-28-44-47(32-36)51-46-26-14-25-45(50(44)46)49-42-23-12-10-21-40(42)48(41-22-11-13-24-43(41)49)39-30-37(34-17-6-2-7-18-34)29-38(31-39)35-19-8-3-9-20-35/h1-32H/i2D,3D,6D,7D,8D,9D,17D,18D,19D,20D,29D,30D,31D. The zero-order valence-electron chi connectivity index (χ0n) is 39.9. The van der Waals surface area contributed by atoms with Gasteiger partial charge in [0, 0.05) is 10.8 Å². The Labute approximate surface area is 315 Å². The molecule has 0 spiro atoms. The highest BCUT2D eigenvalue weighted by molar-refractivity contribution is 6.25. The Balaban J connectivity index is 1.36. The molecular weight excluding hydrogens is 617 g/mol. The molecule has 0 saturated carbocycles. The van der Waals surface area contributed by atoms with Crippen molar-refractivity contribution in [3.8, 4) is 55.6 Å². The summed E-state index contributed by atoms with van der Waals surface area (Å²) in [6.07, 6.45) is 0. The Kier molecular flexibility index (Phi) is 4.45. The van der Waals surface area contributed by atoms with Crippen LogP contribution in [-0.2, 0) is 0 Å². The minimum atomic E-state index is -0.715. The van der Waals surface area contributed by atoms with Crippen LogP contribution in [0.2, 0.25) is 0 Å². The number of hydrogen-bond donors (Lipinski definition) is 0. The van der Waals surface area contributed by atoms with Crippen LogP contribution in [0.3, 0.4) is 0 Å². The molecule has 0 aliphatic rings. The third-order valence-electron chi connectivity index (χ3n) is 9.31. The lowest BCUT2D eigenvalue weighted by atomic mass is 9.83. The average molecular weight is 662 g/mol. The van der Waals surface area contributed by atoms with Gasteiger partial charge in [-0.2, -0.15) is 0 Å². The summed E-state index contributed by atoms with van der Waals surface area (Å²) in [6, 6.07) is 28.1. The Morgan fingerprint density at radius 3 is 1.51 bits per heavy atom. The van der Waals surface area contributed by atoms with E-state index in [-0.39, 0.29) is 5.56 Å². The topological polar surface area (TPSA) is 13.1 Å². The summed E-state index contributed by atoms with van der Waals surface area (Å²) >= 11 is 0. The van der Waals surface area contributed by atoms with E-state index < -0.39 is 101 Å². The van der Waals surface area contributed by atoms with Gasteiger partial charge in [0.15, 0.2) is 0 Å². The predicted molar refractivity (Wildman–Crippen MR) is 216 cm³/mol. The molecule has 0 aliphatic heterocycles. The van der Waals surface area contributed by atoms with E-state index in [9.17, 15) is 4.11 Å². The van der Waals surface area contributed by atoms with Crippen molar-refractivity contribution < 1.29 is 22.2 Å². The average Bonchev–Trinajstić information content (AvgIpc) is 3.69. The lowest BCUT2D eigenvalue weighted by Crippen LogP contribution is -1.92. The maximum atomic E-state index is 9.92.